The zero-order valence-corrected chi connectivity index (χ0v) is 15.5. The Bertz CT molecular complexity index is 955. The number of fused-ring (bicyclic) bond motifs is 1. The molecule has 1 saturated heterocycles. The number of rotatable bonds is 3. The van der Waals surface area contributed by atoms with Gasteiger partial charge in [0.25, 0.3) is 0 Å². The Morgan fingerprint density at radius 3 is 2.73 bits per heavy atom. The number of allylic oxidation sites excluding steroid dienone is 1. The van der Waals surface area contributed by atoms with Gasteiger partial charge in [-0.15, -0.1) is 11.3 Å². The quantitative estimate of drug-likeness (QED) is 0.636. The van der Waals surface area contributed by atoms with E-state index in [4.69, 9.17) is 9.15 Å². The van der Waals surface area contributed by atoms with E-state index in [9.17, 15) is 5.26 Å². The molecule has 2 atom stereocenters. The average molecular weight is 365 g/mol. The number of furan rings is 1. The summed E-state index contributed by atoms with van der Waals surface area (Å²) in [6, 6.07) is 14.0. The number of hydrogen-bond acceptors (Lipinski definition) is 6. The van der Waals surface area contributed by atoms with E-state index in [1.54, 1.807) is 6.08 Å². The van der Waals surface area contributed by atoms with Gasteiger partial charge in [0.2, 0.25) is 0 Å². The molecule has 5 nitrogen and oxygen atoms in total. The number of aromatic nitrogens is 1. The maximum atomic E-state index is 9.57. The maximum absolute atomic E-state index is 9.57. The van der Waals surface area contributed by atoms with Crippen molar-refractivity contribution in [1.82, 2.24) is 4.98 Å². The zero-order valence-electron chi connectivity index (χ0n) is 14.7. The summed E-state index contributed by atoms with van der Waals surface area (Å²) in [5, 5.41) is 10.3. The summed E-state index contributed by atoms with van der Waals surface area (Å²) in [6.45, 7) is 5.72. The third-order valence-electron chi connectivity index (χ3n) is 4.28. The second kappa shape index (κ2) is 6.94. The van der Waals surface area contributed by atoms with Crippen molar-refractivity contribution in [3.05, 3.63) is 47.2 Å². The summed E-state index contributed by atoms with van der Waals surface area (Å²) < 4.78 is 12.8. The zero-order chi connectivity index (χ0) is 18.1. The SMILES string of the molecule is C[C@H]1CN(c2ccc(/C=C(\C#N)c3nc4ccccc4s3)o2)C[C@H](C)O1. The summed E-state index contributed by atoms with van der Waals surface area (Å²) in [7, 11) is 0. The molecule has 0 spiro atoms. The molecule has 4 rings (SSSR count). The topological polar surface area (TPSA) is 62.3 Å². The van der Waals surface area contributed by atoms with Gasteiger partial charge in [-0.2, -0.15) is 5.26 Å². The van der Waals surface area contributed by atoms with Crippen molar-refractivity contribution in [1.29, 1.82) is 5.26 Å². The molecule has 3 aromatic rings. The average Bonchev–Trinajstić information content (AvgIpc) is 3.25. The number of ether oxygens (including phenoxy) is 1. The molecular formula is C20H19N3O2S. The van der Waals surface area contributed by atoms with Gasteiger partial charge in [0.1, 0.15) is 16.8 Å². The fourth-order valence-electron chi connectivity index (χ4n) is 3.22. The molecule has 132 valence electrons. The van der Waals surface area contributed by atoms with Crippen LogP contribution in [0.1, 0.15) is 24.6 Å². The van der Waals surface area contributed by atoms with E-state index in [1.165, 1.54) is 11.3 Å². The lowest BCUT2D eigenvalue weighted by Crippen LogP contribution is -2.45. The Hall–Kier alpha value is -2.62. The molecule has 26 heavy (non-hydrogen) atoms. The second-order valence-electron chi connectivity index (χ2n) is 6.49. The highest BCUT2D eigenvalue weighted by Gasteiger charge is 2.24. The van der Waals surface area contributed by atoms with Crippen molar-refractivity contribution in [3.8, 4) is 6.07 Å². The van der Waals surface area contributed by atoms with Crippen LogP contribution >= 0.6 is 11.3 Å². The maximum Gasteiger partial charge on any atom is 0.196 e. The first-order chi connectivity index (χ1) is 12.6. The lowest BCUT2D eigenvalue weighted by molar-refractivity contribution is -0.00641. The lowest BCUT2D eigenvalue weighted by Gasteiger charge is -2.35. The lowest BCUT2D eigenvalue weighted by atomic mass is 10.2. The van der Waals surface area contributed by atoms with E-state index in [0.29, 0.717) is 16.3 Å². The van der Waals surface area contributed by atoms with Gasteiger partial charge in [-0.05, 0) is 32.0 Å². The highest BCUT2D eigenvalue weighted by molar-refractivity contribution is 7.19. The Balaban J connectivity index is 1.61. The van der Waals surface area contributed by atoms with Crippen LogP contribution in [0.2, 0.25) is 0 Å². The molecule has 1 aliphatic heterocycles. The van der Waals surface area contributed by atoms with Crippen molar-refractivity contribution in [2.45, 2.75) is 26.1 Å². The Morgan fingerprint density at radius 1 is 1.23 bits per heavy atom. The molecule has 0 bridgehead atoms. The molecule has 2 aromatic heterocycles. The number of para-hydroxylation sites is 1. The number of anilines is 1. The third-order valence-corrected chi connectivity index (χ3v) is 5.34. The molecular weight excluding hydrogens is 346 g/mol. The summed E-state index contributed by atoms with van der Waals surface area (Å²) in [5.74, 6) is 1.46. The molecule has 0 unspecified atom stereocenters. The van der Waals surface area contributed by atoms with Gasteiger partial charge < -0.3 is 14.1 Å². The van der Waals surface area contributed by atoms with Crippen LogP contribution in [0, 0.1) is 11.3 Å². The number of morpholine rings is 1. The van der Waals surface area contributed by atoms with Gasteiger partial charge in [-0.3, -0.25) is 0 Å². The molecule has 0 amide bonds. The molecule has 0 aliphatic carbocycles. The van der Waals surface area contributed by atoms with Gasteiger partial charge >= 0.3 is 0 Å². The smallest absolute Gasteiger partial charge is 0.196 e. The molecule has 1 fully saturated rings. The molecule has 1 aliphatic rings. The van der Waals surface area contributed by atoms with Crippen molar-refractivity contribution < 1.29 is 9.15 Å². The molecule has 1 aromatic carbocycles. The minimum atomic E-state index is 0.167. The largest absolute Gasteiger partial charge is 0.441 e. The first-order valence-electron chi connectivity index (χ1n) is 8.60. The summed E-state index contributed by atoms with van der Waals surface area (Å²) in [5.41, 5.74) is 1.42. The summed E-state index contributed by atoms with van der Waals surface area (Å²) >= 11 is 1.51. The Labute approximate surface area is 156 Å². The molecule has 6 heteroatoms. The first kappa shape index (κ1) is 16.8. The van der Waals surface area contributed by atoms with Crippen molar-refractivity contribution in [2.75, 3.05) is 18.0 Å². The number of nitriles is 1. The first-order valence-corrected chi connectivity index (χ1v) is 9.42. The predicted octanol–water partition coefficient (Wildman–Crippen LogP) is 4.57. The van der Waals surface area contributed by atoms with E-state index in [0.717, 1.165) is 29.2 Å². The van der Waals surface area contributed by atoms with Crippen LogP contribution in [0.3, 0.4) is 0 Å². The van der Waals surface area contributed by atoms with Gasteiger partial charge in [-0.1, -0.05) is 12.1 Å². The highest BCUT2D eigenvalue weighted by Crippen LogP contribution is 2.29. The summed E-state index contributed by atoms with van der Waals surface area (Å²) in [4.78, 5) is 6.74. The van der Waals surface area contributed by atoms with E-state index >= 15 is 0 Å². The van der Waals surface area contributed by atoms with Gasteiger partial charge in [0.15, 0.2) is 5.88 Å². The van der Waals surface area contributed by atoms with Gasteiger partial charge in [0.05, 0.1) is 28.0 Å². The van der Waals surface area contributed by atoms with Crippen LogP contribution in [0.4, 0.5) is 5.88 Å². The molecule has 3 heterocycles. The molecule has 0 N–H and O–H groups in total. The van der Waals surface area contributed by atoms with E-state index < -0.39 is 0 Å². The minimum absolute atomic E-state index is 0.167. The van der Waals surface area contributed by atoms with E-state index in [-0.39, 0.29) is 12.2 Å². The fraction of sp³-hybridized carbons (Fsp3) is 0.300. The summed E-state index contributed by atoms with van der Waals surface area (Å²) in [6.07, 6.45) is 2.09. The standard InChI is InChI=1S/C20H19N3O2S/c1-13-11-23(12-14(2)24-13)19-8-7-16(25-19)9-15(10-21)20-22-17-5-3-4-6-18(17)26-20/h3-9,13-14H,11-12H2,1-2H3/b15-9+/t13-,14-/m0/s1. The number of thiazole rings is 1. The van der Waals surface area contributed by atoms with Crippen molar-refractivity contribution >= 4 is 39.1 Å². The van der Waals surface area contributed by atoms with Crippen LogP contribution < -0.4 is 4.90 Å². The van der Waals surface area contributed by atoms with Gasteiger partial charge in [0, 0.05) is 25.2 Å². The van der Waals surface area contributed by atoms with Crippen LogP contribution in [0.25, 0.3) is 21.9 Å². The van der Waals surface area contributed by atoms with E-state index in [2.05, 4.69) is 29.8 Å². The molecule has 0 saturated carbocycles. The van der Waals surface area contributed by atoms with Crippen molar-refractivity contribution in [3.63, 3.8) is 0 Å². The second-order valence-corrected chi connectivity index (χ2v) is 7.53. The van der Waals surface area contributed by atoms with Crippen LogP contribution in [-0.4, -0.2) is 30.3 Å². The van der Waals surface area contributed by atoms with E-state index in [1.807, 2.05) is 36.4 Å². The predicted molar refractivity (Wildman–Crippen MR) is 104 cm³/mol. The minimum Gasteiger partial charge on any atom is -0.441 e. The number of hydrogen-bond donors (Lipinski definition) is 0. The monoisotopic (exact) mass is 365 g/mol. The molecule has 0 radical (unpaired) electrons. The third kappa shape index (κ3) is 3.36. The van der Waals surface area contributed by atoms with Crippen LogP contribution in [0.15, 0.2) is 40.8 Å². The van der Waals surface area contributed by atoms with Crippen molar-refractivity contribution in [2.24, 2.45) is 0 Å². The number of benzene rings is 1. The van der Waals surface area contributed by atoms with Crippen LogP contribution in [-0.2, 0) is 4.74 Å². The number of nitrogens with zero attached hydrogens (tertiary/aromatic N) is 3. The normalized spacial score (nSPS) is 21.1. The highest BCUT2D eigenvalue weighted by atomic mass is 32.1. The Morgan fingerprint density at radius 2 is 2.00 bits per heavy atom. The Kier molecular flexibility index (Phi) is 4.49. The van der Waals surface area contributed by atoms with Crippen LogP contribution in [0.5, 0.6) is 0 Å². The fourth-order valence-corrected chi connectivity index (χ4v) is 4.15. The van der Waals surface area contributed by atoms with Gasteiger partial charge in [-0.25, -0.2) is 4.98 Å².